The van der Waals surface area contributed by atoms with Crippen molar-refractivity contribution in [3.63, 3.8) is 0 Å². The summed E-state index contributed by atoms with van der Waals surface area (Å²) < 4.78 is 2.65. The minimum atomic E-state index is 0. The molecule has 6 heteroatoms. The van der Waals surface area contributed by atoms with E-state index in [0.717, 1.165) is 0 Å². The molecule has 12 heavy (non-hydrogen) atoms. The summed E-state index contributed by atoms with van der Waals surface area (Å²) in [6.45, 7) is 0. The molecule has 0 amide bonds. The smallest absolute Gasteiger partial charge is 0.0263 e. The van der Waals surface area contributed by atoms with Crippen LogP contribution in [0.3, 0.4) is 0 Å². The predicted octanol–water partition coefficient (Wildman–Crippen LogP) is 3.51. The van der Waals surface area contributed by atoms with E-state index in [0.29, 0.717) is 0 Å². The molecule has 0 atom stereocenters. The molecule has 0 unspecified atom stereocenters. The standard InChI is InChI=1S/C6H4I2.4FH/c7-5-3-1-2-4-6(5)8;;;;/h1-4H;4*1H. The summed E-state index contributed by atoms with van der Waals surface area (Å²) in [7, 11) is 0. The lowest BCUT2D eigenvalue weighted by Crippen LogP contribution is -1.73. The highest BCUT2D eigenvalue weighted by Crippen LogP contribution is 2.12. The van der Waals surface area contributed by atoms with Gasteiger partial charge < -0.3 is 0 Å². The molecule has 0 aliphatic carbocycles. The highest BCUT2D eigenvalue weighted by atomic mass is 127. The second-order valence-electron chi connectivity index (χ2n) is 1.41. The van der Waals surface area contributed by atoms with Crippen molar-refractivity contribution in [1.82, 2.24) is 0 Å². The van der Waals surface area contributed by atoms with Crippen LogP contribution in [0.5, 0.6) is 0 Å². The molecular weight excluding hydrogens is 402 g/mol. The summed E-state index contributed by atoms with van der Waals surface area (Å²) in [6, 6.07) is 8.29. The van der Waals surface area contributed by atoms with E-state index in [4.69, 9.17) is 0 Å². The number of hydrogen-bond donors (Lipinski definition) is 0. The van der Waals surface area contributed by atoms with Gasteiger partial charge in [0.15, 0.2) is 0 Å². The fourth-order valence-corrected chi connectivity index (χ4v) is 1.21. The first-order chi connectivity index (χ1) is 3.80. The second kappa shape index (κ2) is 11.4. The van der Waals surface area contributed by atoms with Crippen LogP contribution in [0.25, 0.3) is 0 Å². The van der Waals surface area contributed by atoms with E-state index in [1.54, 1.807) is 0 Å². The van der Waals surface area contributed by atoms with Crippen molar-refractivity contribution in [3.8, 4) is 0 Å². The first-order valence-corrected chi connectivity index (χ1v) is 4.36. The molecule has 0 fully saturated rings. The SMILES string of the molecule is F.F.F.F.Ic1ccccc1I. The van der Waals surface area contributed by atoms with Crippen molar-refractivity contribution in [2.24, 2.45) is 0 Å². The lowest BCUT2D eigenvalue weighted by molar-refractivity contribution is 1.11. The van der Waals surface area contributed by atoms with E-state index < -0.39 is 0 Å². The van der Waals surface area contributed by atoms with Gasteiger partial charge in [0.2, 0.25) is 0 Å². The van der Waals surface area contributed by atoms with Gasteiger partial charge in [0, 0.05) is 7.14 Å². The Morgan fingerprint density at radius 3 is 1.08 bits per heavy atom. The third-order valence-electron chi connectivity index (χ3n) is 0.824. The molecule has 0 nitrogen and oxygen atoms in total. The Labute approximate surface area is 94.9 Å². The monoisotopic (exact) mass is 410 g/mol. The van der Waals surface area contributed by atoms with Crippen molar-refractivity contribution in [1.29, 1.82) is 0 Å². The third-order valence-corrected chi connectivity index (χ3v) is 3.74. The van der Waals surface area contributed by atoms with Crippen LogP contribution in [-0.2, 0) is 0 Å². The maximum atomic E-state index is 2.32. The molecular formula is C6H8F4I2. The minimum Gasteiger partial charge on any atom is -0.269 e. The van der Waals surface area contributed by atoms with Crippen LogP contribution < -0.4 is 0 Å². The number of rotatable bonds is 0. The van der Waals surface area contributed by atoms with Gasteiger partial charge in [0.25, 0.3) is 0 Å². The highest BCUT2D eigenvalue weighted by Gasteiger charge is 1.87. The summed E-state index contributed by atoms with van der Waals surface area (Å²) >= 11 is 4.63. The lowest BCUT2D eigenvalue weighted by Gasteiger charge is -1.89. The van der Waals surface area contributed by atoms with Crippen molar-refractivity contribution < 1.29 is 18.8 Å². The Balaban J connectivity index is -0.0000000800. The predicted molar refractivity (Wildman–Crippen MR) is 61.9 cm³/mol. The van der Waals surface area contributed by atoms with Crippen molar-refractivity contribution in [3.05, 3.63) is 31.4 Å². The van der Waals surface area contributed by atoms with Crippen LogP contribution in [0.1, 0.15) is 0 Å². The van der Waals surface area contributed by atoms with E-state index in [1.165, 1.54) is 7.14 Å². The van der Waals surface area contributed by atoms with Gasteiger partial charge in [-0.05, 0) is 57.3 Å². The Bertz CT molecular complexity index is 174. The summed E-state index contributed by atoms with van der Waals surface area (Å²) in [4.78, 5) is 0. The molecule has 1 rings (SSSR count). The summed E-state index contributed by atoms with van der Waals surface area (Å²) in [6.07, 6.45) is 0. The van der Waals surface area contributed by atoms with Gasteiger partial charge in [-0.25, -0.2) is 0 Å². The third kappa shape index (κ3) is 7.07. The molecule has 0 radical (unpaired) electrons. The number of hydrogen-bond acceptors (Lipinski definition) is 0. The molecule has 0 aliphatic rings. The molecule has 0 N–H and O–H groups in total. The zero-order valence-corrected chi connectivity index (χ0v) is 10.0. The quantitative estimate of drug-likeness (QED) is 0.454. The van der Waals surface area contributed by atoms with Crippen molar-refractivity contribution in [2.75, 3.05) is 0 Å². The Morgan fingerprint density at radius 2 is 0.917 bits per heavy atom. The van der Waals surface area contributed by atoms with Crippen LogP contribution in [0.15, 0.2) is 24.3 Å². The van der Waals surface area contributed by atoms with Crippen LogP contribution in [0.4, 0.5) is 18.8 Å². The van der Waals surface area contributed by atoms with E-state index >= 15 is 0 Å². The van der Waals surface area contributed by atoms with E-state index in [-0.39, 0.29) is 18.8 Å². The molecule has 0 spiro atoms. The molecule has 0 saturated carbocycles. The minimum absolute atomic E-state index is 0. The highest BCUT2D eigenvalue weighted by molar-refractivity contribution is 14.1. The molecule has 0 aromatic heterocycles. The van der Waals surface area contributed by atoms with Gasteiger partial charge in [0.1, 0.15) is 0 Å². The maximum absolute atomic E-state index is 2.32. The fraction of sp³-hybridized carbons (Fsp3) is 0. The second-order valence-corrected chi connectivity index (χ2v) is 3.74. The molecule has 0 aliphatic heterocycles. The van der Waals surface area contributed by atoms with Crippen LogP contribution in [0, 0.1) is 7.14 Å². The van der Waals surface area contributed by atoms with Crippen LogP contribution in [0.2, 0.25) is 0 Å². The maximum Gasteiger partial charge on any atom is 0.0263 e. The van der Waals surface area contributed by atoms with E-state index in [9.17, 15) is 0 Å². The van der Waals surface area contributed by atoms with Gasteiger partial charge >= 0.3 is 0 Å². The zero-order valence-electron chi connectivity index (χ0n) is 5.70. The Hall–Kier alpha value is 0.400. The fourth-order valence-electron chi connectivity index (χ4n) is 0.439. The molecule has 1 aromatic carbocycles. The molecule has 0 heterocycles. The average Bonchev–Trinajstić information content (AvgIpc) is 1.77. The summed E-state index contributed by atoms with van der Waals surface area (Å²) in [5, 5.41) is 0. The topological polar surface area (TPSA) is 0 Å². The van der Waals surface area contributed by atoms with Crippen LogP contribution in [-0.4, -0.2) is 0 Å². The molecule has 0 bridgehead atoms. The van der Waals surface area contributed by atoms with E-state index in [1.807, 2.05) is 12.1 Å². The van der Waals surface area contributed by atoms with Gasteiger partial charge in [-0.15, -0.1) is 0 Å². The van der Waals surface area contributed by atoms with Gasteiger partial charge in [-0.3, -0.25) is 18.8 Å². The zero-order chi connectivity index (χ0) is 5.98. The van der Waals surface area contributed by atoms with Crippen LogP contribution >= 0.6 is 45.2 Å². The average molecular weight is 410 g/mol. The number of benzene rings is 1. The van der Waals surface area contributed by atoms with E-state index in [2.05, 4.69) is 57.3 Å². The normalized spacial score (nSPS) is 6.17. The first kappa shape index (κ1) is 22.8. The molecule has 0 saturated heterocycles. The first-order valence-electron chi connectivity index (χ1n) is 2.21. The summed E-state index contributed by atoms with van der Waals surface area (Å²) in [5.74, 6) is 0. The lowest BCUT2D eigenvalue weighted by atomic mass is 10.4. The van der Waals surface area contributed by atoms with Crippen molar-refractivity contribution in [2.45, 2.75) is 0 Å². The molecule has 74 valence electrons. The Kier molecular flexibility index (Phi) is 21.7. The van der Waals surface area contributed by atoms with Gasteiger partial charge in [0.05, 0.1) is 0 Å². The van der Waals surface area contributed by atoms with Gasteiger partial charge in [-0.2, -0.15) is 0 Å². The van der Waals surface area contributed by atoms with Gasteiger partial charge in [-0.1, -0.05) is 12.1 Å². The summed E-state index contributed by atoms with van der Waals surface area (Å²) in [5.41, 5.74) is 0. The van der Waals surface area contributed by atoms with Crippen molar-refractivity contribution >= 4 is 45.2 Å². The molecule has 1 aromatic rings. The largest absolute Gasteiger partial charge is 0.269 e. The Morgan fingerprint density at radius 1 is 0.667 bits per heavy atom. The number of halogens is 6.